The second-order valence-corrected chi connectivity index (χ2v) is 6.23. The average molecular weight is 299 g/mol. The van der Waals surface area contributed by atoms with Crippen molar-refractivity contribution in [3.05, 3.63) is 72.0 Å². The van der Waals surface area contributed by atoms with Crippen LogP contribution in [0, 0.1) is 5.82 Å². The highest BCUT2D eigenvalue weighted by Gasteiger charge is 2.11. The van der Waals surface area contributed by atoms with Gasteiger partial charge < -0.3 is 5.73 Å². The first-order chi connectivity index (χ1) is 10.1. The van der Waals surface area contributed by atoms with Crippen LogP contribution in [0.3, 0.4) is 0 Å². The lowest BCUT2D eigenvalue weighted by molar-refractivity contribution is 0.623. The molecule has 0 aliphatic rings. The first kappa shape index (κ1) is 13.8. The fraction of sp³-hybridized carbons (Fsp3) is 0.0588. The van der Waals surface area contributed by atoms with Crippen LogP contribution in [0.4, 0.5) is 10.1 Å². The molecule has 2 nitrogen and oxygen atoms in total. The van der Waals surface area contributed by atoms with E-state index in [0.29, 0.717) is 16.3 Å². The SMILES string of the molecule is Nc1ccc(F)cc1S(=O)Cc1cccc2ccccc12. The number of nitrogen functional groups attached to an aromatic ring is 1. The first-order valence-electron chi connectivity index (χ1n) is 6.55. The van der Waals surface area contributed by atoms with Gasteiger partial charge in [0.25, 0.3) is 0 Å². The molecule has 0 heterocycles. The zero-order chi connectivity index (χ0) is 14.8. The van der Waals surface area contributed by atoms with Crippen molar-refractivity contribution in [3.8, 4) is 0 Å². The van der Waals surface area contributed by atoms with Gasteiger partial charge in [0.2, 0.25) is 0 Å². The molecule has 0 radical (unpaired) electrons. The molecular weight excluding hydrogens is 285 g/mol. The van der Waals surface area contributed by atoms with Gasteiger partial charge in [-0.3, -0.25) is 4.21 Å². The van der Waals surface area contributed by atoms with Crippen molar-refractivity contribution in [1.29, 1.82) is 0 Å². The smallest absolute Gasteiger partial charge is 0.124 e. The van der Waals surface area contributed by atoms with Gasteiger partial charge in [-0.15, -0.1) is 0 Å². The lowest BCUT2D eigenvalue weighted by Gasteiger charge is -2.08. The van der Waals surface area contributed by atoms with E-state index in [0.717, 1.165) is 16.3 Å². The van der Waals surface area contributed by atoms with Crippen LogP contribution < -0.4 is 5.73 Å². The quantitative estimate of drug-likeness (QED) is 0.746. The third kappa shape index (κ3) is 2.81. The zero-order valence-corrected chi connectivity index (χ0v) is 12.1. The molecule has 0 fully saturated rings. The second kappa shape index (κ2) is 5.66. The molecule has 0 aliphatic carbocycles. The summed E-state index contributed by atoms with van der Waals surface area (Å²) in [4.78, 5) is 0.350. The summed E-state index contributed by atoms with van der Waals surface area (Å²) < 4.78 is 25.8. The number of rotatable bonds is 3. The van der Waals surface area contributed by atoms with E-state index in [2.05, 4.69) is 0 Å². The van der Waals surface area contributed by atoms with E-state index >= 15 is 0 Å². The lowest BCUT2D eigenvalue weighted by atomic mass is 10.1. The normalized spacial score (nSPS) is 12.4. The Hall–Kier alpha value is -2.20. The summed E-state index contributed by atoms with van der Waals surface area (Å²) >= 11 is 0. The van der Waals surface area contributed by atoms with Gasteiger partial charge in [0.15, 0.2) is 0 Å². The van der Waals surface area contributed by atoms with Crippen molar-refractivity contribution in [2.75, 3.05) is 5.73 Å². The fourth-order valence-electron chi connectivity index (χ4n) is 2.34. The molecular formula is C17H14FNOS. The van der Waals surface area contributed by atoms with Gasteiger partial charge >= 0.3 is 0 Å². The van der Waals surface area contributed by atoms with Gasteiger partial charge in [-0.1, -0.05) is 42.5 Å². The highest BCUT2D eigenvalue weighted by atomic mass is 32.2. The van der Waals surface area contributed by atoms with Gasteiger partial charge in [0, 0.05) is 5.69 Å². The molecule has 0 saturated heterocycles. The molecule has 0 amide bonds. The number of benzene rings is 3. The van der Waals surface area contributed by atoms with Crippen molar-refractivity contribution in [1.82, 2.24) is 0 Å². The minimum Gasteiger partial charge on any atom is -0.398 e. The van der Waals surface area contributed by atoms with Crippen LogP contribution >= 0.6 is 0 Å². The highest BCUT2D eigenvalue weighted by Crippen LogP contribution is 2.24. The largest absolute Gasteiger partial charge is 0.398 e. The predicted molar refractivity (Wildman–Crippen MR) is 84.9 cm³/mol. The second-order valence-electron chi connectivity index (χ2n) is 4.81. The molecule has 21 heavy (non-hydrogen) atoms. The summed E-state index contributed by atoms with van der Waals surface area (Å²) in [5.74, 6) is -0.111. The van der Waals surface area contributed by atoms with Gasteiger partial charge in [0.05, 0.1) is 21.4 Å². The van der Waals surface area contributed by atoms with Gasteiger partial charge in [-0.05, 0) is 34.5 Å². The minimum atomic E-state index is -1.38. The van der Waals surface area contributed by atoms with E-state index in [1.54, 1.807) is 0 Å². The summed E-state index contributed by atoms with van der Waals surface area (Å²) in [6, 6.07) is 17.8. The Morgan fingerprint density at radius 3 is 2.62 bits per heavy atom. The summed E-state index contributed by atoms with van der Waals surface area (Å²) in [6.45, 7) is 0. The maximum atomic E-state index is 13.3. The monoisotopic (exact) mass is 299 g/mol. The minimum absolute atomic E-state index is 0.314. The molecule has 2 N–H and O–H groups in total. The van der Waals surface area contributed by atoms with E-state index in [1.165, 1.54) is 18.2 Å². The summed E-state index contributed by atoms with van der Waals surface area (Å²) in [6.07, 6.45) is 0. The van der Waals surface area contributed by atoms with E-state index in [-0.39, 0.29) is 0 Å². The average Bonchev–Trinajstić information content (AvgIpc) is 2.50. The number of halogens is 1. The van der Waals surface area contributed by atoms with Crippen molar-refractivity contribution < 1.29 is 8.60 Å². The van der Waals surface area contributed by atoms with Gasteiger partial charge in [-0.25, -0.2) is 4.39 Å². The fourth-order valence-corrected chi connectivity index (χ4v) is 3.61. The van der Waals surface area contributed by atoms with Crippen molar-refractivity contribution in [2.45, 2.75) is 10.6 Å². The van der Waals surface area contributed by atoms with Crippen molar-refractivity contribution in [3.63, 3.8) is 0 Å². The van der Waals surface area contributed by atoms with Crippen LogP contribution in [0.25, 0.3) is 10.8 Å². The molecule has 106 valence electrons. The van der Waals surface area contributed by atoms with Crippen LogP contribution in [0.1, 0.15) is 5.56 Å². The first-order valence-corrected chi connectivity index (χ1v) is 7.87. The van der Waals surface area contributed by atoms with E-state index in [9.17, 15) is 8.60 Å². The topological polar surface area (TPSA) is 43.1 Å². The summed E-state index contributed by atoms with van der Waals surface area (Å²) in [7, 11) is -1.38. The third-order valence-electron chi connectivity index (χ3n) is 3.39. The Labute approximate surface area is 124 Å². The molecule has 0 aromatic heterocycles. The molecule has 3 aromatic rings. The molecule has 4 heteroatoms. The Bertz CT molecular complexity index is 827. The predicted octanol–water partition coefficient (Wildman–Crippen LogP) is 3.87. The van der Waals surface area contributed by atoms with Crippen LogP contribution in [0.2, 0.25) is 0 Å². The van der Waals surface area contributed by atoms with Crippen LogP contribution in [0.5, 0.6) is 0 Å². The molecule has 0 saturated carbocycles. The van der Waals surface area contributed by atoms with Crippen LogP contribution in [0.15, 0.2) is 65.6 Å². The third-order valence-corrected chi connectivity index (χ3v) is 4.80. The van der Waals surface area contributed by atoms with E-state index < -0.39 is 16.6 Å². The molecule has 3 aromatic carbocycles. The molecule has 1 atom stereocenters. The Balaban J connectivity index is 1.99. The van der Waals surface area contributed by atoms with E-state index in [1.807, 2.05) is 42.5 Å². The van der Waals surface area contributed by atoms with E-state index in [4.69, 9.17) is 5.73 Å². The Morgan fingerprint density at radius 2 is 1.76 bits per heavy atom. The number of hydrogen-bond donors (Lipinski definition) is 1. The molecule has 0 bridgehead atoms. The highest BCUT2D eigenvalue weighted by molar-refractivity contribution is 7.84. The number of anilines is 1. The molecule has 0 spiro atoms. The number of nitrogens with two attached hydrogens (primary N) is 1. The van der Waals surface area contributed by atoms with Crippen molar-refractivity contribution >= 4 is 27.3 Å². The molecule has 1 unspecified atom stereocenters. The summed E-state index contributed by atoms with van der Waals surface area (Å²) in [5, 5.41) is 2.16. The van der Waals surface area contributed by atoms with Gasteiger partial charge in [-0.2, -0.15) is 0 Å². The molecule has 0 aliphatic heterocycles. The molecule has 3 rings (SSSR count). The van der Waals surface area contributed by atoms with Crippen LogP contribution in [-0.4, -0.2) is 4.21 Å². The van der Waals surface area contributed by atoms with Gasteiger partial charge in [0.1, 0.15) is 5.82 Å². The maximum Gasteiger partial charge on any atom is 0.124 e. The number of hydrogen-bond acceptors (Lipinski definition) is 2. The number of fused-ring (bicyclic) bond motifs is 1. The maximum absolute atomic E-state index is 13.3. The Kier molecular flexibility index (Phi) is 3.71. The summed E-state index contributed by atoms with van der Waals surface area (Å²) in [5.41, 5.74) is 7.12. The van der Waals surface area contributed by atoms with Crippen LogP contribution in [-0.2, 0) is 16.6 Å². The zero-order valence-electron chi connectivity index (χ0n) is 11.3. The lowest BCUT2D eigenvalue weighted by Crippen LogP contribution is -2.02. The Morgan fingerprint density at radius 1 is 1.00 bits per heavy atom. The van der Waals surface area contributed by atoms with Crippen molar-refractivity contribution in [2.24, 2.45) is 0 Å². The standard InChI is InChI=1S/C17H14FNOS/c18-14-8-9-16(19)17(10-14)21(20)11-13-6-3-5-12-4-1-2-7-15(12)13/h1-10H,11,19H2.